The van der Waals surface area contributed by atoms with Gasteiger partial charge in [0, 0.05) is 11.5 Å². The highest BCUT2D eigenvalue weighted by atomic mass is 14.7. The summed E-state index contributed by atoms with van der Waals surface area (Å²) in [6.45, 7) is 4.30. The largest absolute Gasteiger partial charge is 0.327 e. The Bertz CT molecular complexity index is 311. The predicted octanol–water partition coefficient (Wildman–Crippen LogP) is 2.37. The standard InChI is InChI=1S/C12H17N/c1-9-5-3-4-6-11(9)12(7-8-12)10(2)13/h3-6,10H,7-8,13H2,1-2H3. The lowest BCUT2D eigenvalue weighted by atomic mass is 9.87. The molecule has 1 fully saturated rings. The second-order valence-electron chi connectivity index (χ2n) is 4.26. The van der Waals surface area contributed by atoms with Crippen molar-refractivity contribution in [3.63, 3.8) is 0 Å². The van der Waals surface area contributed by atoms with E-state index in [0.29, 0.717) is 5.41 Å². The average Bonchev–Trinajstić information content (AvgIpc) is 2.85. The number of benzene rings is 1. The van der Waals surface area contributed by atoms with E-state index in [1.165, 1.54) is 24.0 Å². The van der Waals surface area contributed by atoms with Gasteiger partial charge >= 0.3 is 0 Å². The molecular formula is C12H17N. The minimum Gasteiger partial charge on any atom is -0.327 e. The van der Waals surface area contributed by atoms with Crippen molar-refractivity contribution in [2.75, 3.05) is 0 Å². The van der Waals surface area contributed by atoms with E-state index in [2.05, 4.69) is 38.1 Å². The van der Waals surface area contributed by atoms with Gasteiger partial charge in [0.25, 0.3) is 0 Å². The zero-order valence-electron chi connectivity index (χ0n) is 8.38. The molecule has 0 heterocycles. The first kappa shape index (κ1) is 8.76. The van der Waals surface area contributed by atoms with E-state index in [1.54, 1.807) is 0 Å². The molecule has 1 aliphatic rings. The highest BCUT2D eigenvalue weighted by Crippen LogP contribution is 2.51. The fourth-order valence-corrected chi connectivity index (χ4v) is 2.24. The molecule has 0 aliphatic heterocycles. The van der Waals surface area contributed by atoms with Crippen molar-refractivity contribution in [2.45, 2.75) is 38.1 Å². The molecule has 0 amide bonds. The van der Waals surface area contributed by atoms with Gasteiger partial charge in [-0.25, -0.2) is 0 Å². The number of rotatable bonds is 2. The topological polar surface area (TPSA) is 26.0 Å². The highest BCUT2D eigenvalue weighted by molar-refractivity contribution is 5.39. The summed E-state index contributed by atoms with van der Waals surface area (Å²) in [5.41, 5.74) is 9.19. The quantitative estimate of drug-likeness (QED) is 0.733. The number of aryl methyl sites for hydroxylation is 1. The van der Waals surface area contributed by atoms with Gasteiger partial charge in [0.05, 0.1) is 0 Å². The molecule has 2 N–H and O–H groups in total. The molecule has 1 nitrogen and oxygen atoms in total. The lowest BCUT2D eigenvalue weighted by Gasteiger charge is -2.21. The summed E-state index contributed by atoms with van der Waals surface area (Å²) in [5.74, 6) is 0. The summed E-state index contributed by atoms with van der Waals surface area (Å²) in [6, 6.07) is 8.90. The number of nitrogens with two attached hydrogens (primary N) is 1. The Hall–Kier alpha value is -0.820. The van der Waals surface area contributed by atoms with Crippen LogP contribution in [0.25, 0.3) is 0 Å². The normalized spacial score (nSPS) is 21.2. The van der Waals surface area contributed by atoms with Gasteiger partial charge in [-0.15, -0.1) is 0 Å². The maximum Gasteiger partial charge on any atom is 0.0108 e. The van der Waals surface area contributed by atoms with E-state index in [0.717, 1.165) is 0 Å². The summed E-state index contributed by atoms with van der Waals surface area (Å²) < 4.78 is 0. The molecule has 0 saturated heterocycles. The first-order valence-electron chi connectivity index (χ1n) is 4.98. The van der Waals surface area contributed by atoms with Crippen molar-refractivity contribution < 1.29 is 0 Å². The monoisotopic (exact) mass is 175 g/mol. The van der Waals surface area contributed by atoms with Gasteiger partial charge in [0.15, 0.2) is 0 Å². The van der Waals surface area contributed by atoms with Crippen LogP contribution >= 0.6 is 0 Å². The van der Waals surface area contributed by atoms with Crippen LogP contribution in [0, 0.1) is 6.92 Å². The van der Waals surface area contributed by atoms with Crippen LogP contribution in [0.15, 0.2) is 24.3 Å². The van der Waals surface area contributed by atoms with E-state index in [1.807, 2.05) is 0 Å². The van der Waals surface area contributed by atoms with Crippen LogP contribution in [-0.2, 0) is 5.41 Å². The van der Waals surface area contributed by atoms with Crippen molar-refractivity contribution in [1.29, 1.82) is 0 Å². The predicted molar refractivity (Wildman–Crippen MR) is 55.7 cm³/mol. The van der Waals surface area contributed by atoms with Gasteiger partial charge in [-0.3, -0.25) is 0 Å². The fraction of sp³-hybridized carbons (Fsp3) is 0.500. The van der Waals surface area contributed by atoms with Crippen LogP contribution < -0.4 is 5.73 Å². The van der Waals surface area contributed by atoms with Crippen LogP contribution in [0.3, 0.4) is 0 Å². The molecule has 1 saturated carbocycles. The smallest absolute Gasteiger partial charge is 0.0108 e. The zero-order chi connectivity index (χ0) is 9.47. The fourth-order valence-electron chi connectivity index (χ4n) is 2.24. The first-order chi connectivity index (χ1) is 6.17. The molecule has 1 aromatic rings. The maximum atomic E-state index is 6.03. The summed E-state index contributed by atoms with van der Waals surface area (Å²) in [7, 11) is 0. The molecule has 0 bridgehead atoms. The zero-order valence-corrected chi connectivity index (χ0v) is 8.38. The van der Waals surface area contributed by atoms with Gasteiger partial charge in [0.2, 0.25) is 0 Å². The van der Waals surface area contributed by atoms with Crippen LogP contribution in [-0.4, -0.2) is 6.04 Å². The molecule has 70 valence electrons. The Morgan fingerprint density at radius 2 is 1.92 bits per heavy atom. The van der Waals surface area contributed by atoms with Gasteiger partial charge in [-0.05, 0) is 37.8 Å². The number of hydrogen-bond donors (Lipinski definition) is 1. The molecule has 1 unspecified atom stereocenters. The third-order valence-corrected chi connectivity index (χ3v) is 3.34. The molecule has 0 aromatic heterocycles. The van der Waals surface area contributed by atoms with E-state index in [9.17, 15) is 0 Å². The average molecular weight is 175 g/mol. The molecule has 0 radical (unpaired) electrons. The van der Waals surface area contributed by atoms with Crippen molar-refractivity contribution >= 4 is 0 Å². The molecule has 1 aromatic carbocycles. The van der Waals surface area contributed by atoms with E-state index >= 15 is 0 Å². The Morgan fingerprint density at radius 3 is 2.38 bits per heavy atom. The van der Waals surface area contributed by atoms with Gasteiger partial charge < -0.3 is 5.73 Å². The summed E-state index contributed by atoms with van der Waals surface area (Å²) in [4.78, 5) is 0. The molecule has 13 heavy (non-hydrogen) atoms. The summed E-state index contributed by atoms with van der Waals surface area (Å²) in [6.07, 6.45) is 2.52. The molecule has 1 atom stereocenters. The minimum atomic E-state index is 0.286. The Morgan fingerprint density at radius 1 is 1.31 bits per heavy atom. The van der Waals surface area contributed by atoms with Crippen molar-refractivity contribution in [2.24, 2.45) is 5.73 Å². The molecule has 0 spiro atoms. The Kier molecular flexibility index (Phi) is 1.92. The minimum absolute atomic E-state index is 0.286. The van der Waals surface area contributed by atoms with E-state index in [4.69, 9.17) is 5.73 Å². The first-order valence-corrected chi connectivity index (χ1v) is 4.98. The van der Waals surface area contributed by atoms with Gasteiger partial charge in [-0.1, -0.05) is 24.3 Å². The van der Waals surface area contributed by atoms with Crippen LogP contribution in [0.5, 0.6) is 0 Å². The third kappa shape index (κ3) is 1.28. The maximum absolute atomic E-state index is 6.03. The Labute approximate surface area is 80.0 Å². The summed E-state index contributed by atoms with van der Waals surface area (Å²) in [5, 5.41) is 0. The van der Waals surface area contributed by atoms with Crippen molar-refractivity contribution in [1.82, 2.24) is 0 Å². The van der Waals surface area contributed by atoms with E-state index < -0.39 is 0 Å². The van der Waals surface area contributed by atoms with Gasteiger partial charge in [-0.2, -0.15) is 0 Å². The second kappa shape index (κ2) is 2.85. The van der Waals surface area contributed by atoms with Crippen LogP contribution in [0.2, 0.25) is 0 Å². The third-order valence-electron chi connectivity index (χ3n) is 3.34. The lowest BCUT2D eigenvalue weighted by molar-refractivity contribution is 0.554. The van der Waals surface area contributed by atoms with Gasteiger partial charge in [0.1, 0.15) is 0 Å². The Balaban J connectivity index is 2.41. The van der Waals surface area contributed by atoms with Crippen LogP contribution in [0.4, 0.5) is 0 Å². The van der Waals surface area contributed by atoms with Crippen molar-refractivity contribution in [3.8, 4) is 0 Å². The molecule has 2 rings (SSSR count). The summed E-state index contributed by atoms with van der Waals surface area (Å²) >= 11 is 0. The number of hydrogen-bond acceptors (Lipinski definition) is 1. The molecule has 1 heteroatoms. The molecular weight excluding hydrogens is 158 g/mol. The molecule has 1 aliphatic carbocycles. The lowest BCUT2D eigenvalue weighted by Crippen LogP contribution is -2.32. The second-order valence-corrected chi connectivity index (χ2v) is 4.26. The van der Waals surface area contributed by atoms with E-state index in [-0.39, 0.29) is 6.04 Å². The SMILES string of the molecule is Cc1ccccc1C1(C(C)N)CC1. The van der Waals surface area contributed by atoms with Crippen molar-refractivity contribution in [3.05, 3.63) is 35.4 Å². The van der Waals surface area contributed by atoms with Crippen LogP contribution in [0.1, 0.15) is 30.9 Å². The highest BCUT2D eigenvalue weighted by Gasteiger charge is 2.47.